The standard InChI is InChI=1S/C21H38N4O.2ClH/c1-24-9-7-19(8-10-24)25-11-5-18(6-12-25)23-21(26)17-13-15-3-2-4-16(14-17)20(15)22;;/h15-20H,2-14,22H2,1H3,(H,23,26);2*1H. The molecule has 0 aromatic carbocycles. The van der Waals surface area contributed by atoms with Crippen molar-refractivity contribution < 1.29 is 4.79 Å². The molecule has 0 spiro atoms. The van der Waals surface area contributed by atoms with E-state index in [0.717, 1.165) is 44.8 Å². The SMILES string of the molecule is CN1CCC(N2CCC(NC(=O)C3CC4CCCC(C3)C4N)CC2)CC1.Cl.Cl. The van der Waals surface area contributed by atoms with Gasteiger partial charge in [0, 0.05) is 37.1 Å². The van der Waals surface area contributed by atoms with E-state index < -0.39 is 0 Å². The van der Waals surface area contributed by atoms with Crippen LogP contribution < -0.4 is 11.1 Å². The number of fused-ring (bicyclic) bond motifs is 2. The summed E-state index contributed by atoms with van der Waals surface area (Å²) in [6.45, 7) is 4.77. The van der Waals surface area contributed by atoms with Gasteiger partial charge in [0.1, 0.15) is 0 Å². The van der Waals surface area contributed by atoms with E-state index in [-0.39, 0.29) is 30.7 Å². The first kappa shape index (κ1) is 24.2. The Bertz CT molecular complexity index is 479. The predicted molar refractivity (Wildman–Crippen MR) is 119 cm³/mol. The molecular formula is C21H40Cl2N4O. The molecule has 2 unspecified atom stereocenters. The maximum atomic E-state index is 12.9. The Morgan fingerprint density at radius 2 is 1.46 bits per heavy atom. The van der Waals surface area contributed by atoms with Gasteiger partial charge in [0.2, 0.25) is 5.91 Å². The Hall–Kier alpha value is -0.0700. The van der Waals surface area contributed by atoms with E-state index in [1.165, 1.54) is 45.2 Å². The minimum atomic E-state index is 0. The van der Waals surface area contributed by atoms with Crippen LogP contribution in [0.3, 0.4) is 0 Å². The monoisotopic (exact) mass is 434 g/mol. The molecule has 0 aromatic rings. The van der Waals surface area contributed by atoms with Crippen LogP contribution in [0.2, 0.25) is 0 Å². The fraction of sp³-hybridized carbons (Fsp3) is 0.952. The van der Waals surface area contributed by atoms with Crippen LogP contribution in [0.5, 0.6) is 0 Å². The zero-order chi connectivity index (χ0) is 18.1. The lowest BCUT2D eigenvalue weighted by Crippen LogP contribution is -2.53. The van der Waals surface area contributed by atoms with Gasteiger partial charge in [-0.05, 0) is 83.3 Å². The summed E-state index contributed by atoms with van der Waals surface area (Å²) in [4.78, 5) is 18.0. The van der Waals surface area contributed by atoms with Gasteiger partial charge in [-0.25, -0.2) is 0 Å². The number of likely N-dealkylation sites (tertiary alicyclic amines) is 2. The number of carbonyl (C=O) groups is 1. The van der Waals surface area contributed by atoms with Crippen molar-refractivity contribution in [2.45, 2.75) is 75.9 Å². The molecule has 0 radical (unpaired) electrons. The minimum Gasteiger partial charge on any atom is -0.353 e. The highest BCUT2D eigenvalue weighted by atomic mass is 35.5. The molecule has 5 nitrogen and oxygen atoms in total. The number of carbonyl (C=O) groups excluding carboxylic acids is 1. The number of hydrogen-bond donors (Lipinski definition) is 2. The zero-order valence-electron chi connectivity index (χ0n) is 17.4. The number of rotatable bonds is 3. The van der Waals surface area contributed by atoms with Gasteiger partial charge in [-0.1, -0.05) is 6.42 Å². The second kappa shape index (κ2) is 10.8. The molecule has 28 heavy (non-hydrogen) atoms. The number of halogens is 2. The van der Waals surface area contributed by atoms with Gasteiger partial charge < -0.3 is 20.9 Å². The summed E-state index contributed by atoms with van der Waals surface area (Å²) < 4.78 is 0. The molecule has 2 bridgehead atoms. The fourth-order valence-electron chi connectivity index (χ4n) is 6.09. The van der Waals surface area contributed by atoms with Gasteiger partial charge in [0.25, 0.3) is 0 Å². The third-order valence-electron chi connectivity index (χ3n) is 7.86. The minimum absolute atomic E-state index is 0. The van der Waals surface area contributed by atoms with Gasteiger partial charge in [0.15, 0.2) is 0 Å². The number of piperidine rings is 2. The lowest BCUT2D eigenvalue weighted by atomic mass is 9.65. The van der Waals surface area contributed by atoms with Crippen LogP contribution in [0.25, 0.3) is 0 Å². The number of nitrogens with two attached hydrogens (primary N) is 1. The topological polar surface area (TPSA) is 61.6 Å². The fourth-order valence-corrected chi connectivity index (χ4v) is 6.09. The lowest BCUT2D eigenvalue weighted by molar-refractivity contribution is -0.129. The molecule has 2 aliphatic heterocycles. The predicted octanol–water partition coefficient (Wildman–Crippen LogP) is 2.66. The summed E-state index contributed by atoms with van der Waals surface area (Å²) in [6, 6.07) is 1.51. The first-order chi connectivity index (χ1) is 12.6. The molecule has 0 aromatic heterocycles. The van der Waals surface area contributed by atoms with Crippen molar-refractivity contribution in [3.63, 3.8) is 0 Å². The second-order valence-electron chi connectivity index (χ2n) is 9.55. The maximum absolute atomic E-state index is 12.9. The van der Waals surface area contributed by atoms with E-state index in [4.69, 9.17) is 5.73 Å². The Balaban J connectivity index is 0.00000140. The van der Waals surface area contributed by atoms with E-state index in [2.05, 4.69) is 22.2 Å². The molecule has 2 saturated heterocycles. The number of nitrogens with one attached hydrogen (secondary N) is 1. The Morgan fingerprint density at radius 3 is 2.04 bits per heavy atom. The number of nitrogens with zero attached hydrogens (tertiary/aromatic N) is 2. The van der Waals surface area contributed by atoms with Crippen molar-refractivity contribution in [3.8, 4) is 0 Å². The zero-order valence-corrected chi connectivity index (χ0v) is 19.0. The molecule has 2 heterocycles. The highest BCUT2D eigenvalue weighted by Crippen LogP contribution is 2.42. The van der Waals surface area contributed by atoms with Crippen LogP contribution >= 0.6 is 24.8 Å². The van der Waals surface area contributed by atoms with Crippen molar-refractivity contribution in [2.75, 3.05) is 33.2 Å². The number of hydrogen-bond acceptors (Lipinski definition) is 4. The summed E-state index contributed by atoms with van der Waals surface area (Å²) in [6.07, 6.45) is 10.7. The Kier molecular flexibility index (Phi) is 9.34. The molecule has 4 fully saturated rings. The molecule has 164 valence electrons. The average Bonchev–Trinajstić information content (AvgIpc) is 2.63. The van der Waals surface area contributed by atoms with Gasteiger partial charge >= 0.3 is 0 Å². The third kappa shape index (κ3) is 5.54. The first-order valence-corrected chi connectivity index (χ1v) is 11.1. The van der Waals surface area contributed by atoms with Crippen molar-refractivity contribution in [2.24, 2.45) is 23.5 Å². The van der Waals surface area contributed by atoms with E-state index in [9.17, 15) is 4.79 Å². The average molecular weight is 435 g/mol. The third-order valence-corrected chi connectivity index (χ3v) is 7.86. The molecule has 7 heteroatoms. The number of amides is 1. The largest absolute Gasteiger partial charge is 0.353 e. The van der Waals surface area contributed by atoms with Crippen molar-refractivity contribution in [3.05, 3.63) is 0 Å². The normalized spacial score (nSPS) is 35.5. The van der Waals surface area contributed by atoms with E-state index in [1.54, 1.807) is 0 Å². The molecule has 1 amide bonds. The highest BCUT2D eigenvalue weighted by molar-refractivity contribution is 5.85. The molecular weight excluding hydrogens is 395 g/mol. The molecule has 2 atom stereocenters. The smallest absolute Gasteiger partial charge is 0.223 e. The molecule has 4 rings (SSSR count). The maximum Gasteiger partial charge on any atom is 0.223 e. The second-order valence-corrected chi connectivity index (χ2v) is 9.55. The summed E-state index contributed by atoms with van der Waals surface area (Å²) >= 11 is 0. The Labute approximate surface area is 183 Å². The first-order valence-electron chi connectivity index (χ1n) is 11.1. The molecule has 3 N–H and O–H groups in total. The molecule has 4 aliphatic rings. The van der Waals surface area contributed by atoms with Crippen LogP contribution in [0.1, 0.15) is 57.8 Å². The van der Waals surface area contributed by atoms with E-state index in [1.807, 2.05) is 0 Å². The van der Waals surface area contributed by atoms with Gasteiger partial charge in [-0.3, -0.25) is 4.79 Å². The summed E-state index contributed by atoms with van der Waals surface area (Å²) in [7, 11) is 2.23. The van der Waals surface area contributed by atoms with Crippen LogP contribution in [-0.2, 0) is 4.79 Å². The van der Waals surface area contributed by atoms with Crippen molar-refractivity contribution in [1.29, 1.82) is 0 Å². The van der Waals surface area contributed by atoms with Crippen LogP contribution in [-0.4, -0.2) is 67.1 Å². The quantitative estimate of drug-likeness (QED) is 0.716. The van der Waals surface area contributed by atoms with Gasteiger partial charge in [0.05, 0.1) is 0 Å². The molecule has 2 aliphatic carbocycles. The Morgan fingerprint density at radius 1 is 0.893 bits per heavy atom. The van der Waals surface area contributed by atoms with Crippen LogP contribution in [0.15, 0.2) is 0 Å². The van der Waals surface area contributed by atoms with Gasteiger partial charge in [-0.15, -0.1) is 24.8 Å². The summed E-state index contributed by atoms with van der Waals surface area (Å²) in [5.41, 5.74) is 6.39. The van der Waals surface area contributed by atoms with E-state index in [0.29, 0.717) is 29.8 Å². The van der Waals surface area contributed by atoms with E-state index >= 15 is 0 Å². The van der Waals surface area contributed by atoms with Gasteiger partial charge in [-0.2, -0.15) is 0 Å². The summed E-state index contributed by atoms with van der Waals surface area (Å²) in [5.74, 6) is 1.72. The summed E-state index contributed by atoms with van der Waals surface area (Å²) in [5, 5.41) is 3.41. The van der Waals surface area contributed by atoms with Crippen LogP contribution in [0, 0.1) is 17.8 Å². The lowest BCUT2D eigenvalue weighted by Gasteiger charge is -2.44. The molecule has 2 saturated carbocycles. The van der Waals surface area contributed by atoms with Crippen molar-refractivity contribution >= 4 is 30.7 Å². The van der Waals surface area contributed by atoms with Crippen LogP contribution in [0.4, 0.5) is 0 Å². The van der Waals surface area contributed by atoms with Crippen molar-refractivity contribution in [1.82, 2.24) is 15.1 Å². The highest BCUT2D eigenvalue weighted by Gasteiger charge is 2.41.